The van der Waals surface area contributed by atoms with Crippen LogP contribution >= 0.6 is 11.5 Å². The van der Waals surface area contributed by atoms with Crippen LogP contribution in [0.15, 0.2) is 0 Å². The second-order valence-electron chi connectivity index (χ2n) is 4.27. The van der Waals surface area contributed by atoms with Crippen LogP contribution in [0.25, 0.3) is 0 Å². The number of nitrogens with zero attached hydrogens (tertiary/aromatic N) is 3. The fourth-order valence-electron chi connectivity index (χ4n) is 2.13. The van der Waals surface area contributed by atoms with Crippen LogP contribution in [0.3, 0.4) is 0 Å². The fourth-order valence-corrected chi connectivity index (χ4v) is 2.94. The summed E-state index contributed by atoms with van der Waals surface area (Å²) in [5.74, 6) is 0.949. The van der Waals surface area contributed by atoms with Crippen LogP contribution in [0.1, 0.15) is 38.4 Å². The van der Waals surface area contributed by atoms with Gasteiger partial charge in [0, 0.05) is 24.5 Å². The molecule has 1 atom stereocenters. The predicted octanol–water partition coefficient (Wildman–Crippen LogP) is 1.84. The van der Waals surface area contributed by atoms with Crippen molar-refractivity contribution in [3.8, 4) is 0 Å². The summed E-state index contributed by atoms with van der Waals surface area (Å²) in [6.07, 6.45) is 5.51. The van der Waals surface area contributed by atoms with Crippen LogP contribution in [-0.2, 0) is 6.42 Å². The molecule has 0 radical (unpaired) electrons. The maximum absolute atomic E-state index is 9.35. The van der Waals surface area contributed by atoms with Crippen molar-refractivity contribution >= 4 is 16.7 Å². The highest BCUT2D eigenvalue weighted by Gasteiger charge is 2.24. The molecule has 0 saturated carbocycles. The van der Waals surface area contributed by atoms with Gasteiger partial charge in [0.2, 0.25) is 5.13 Å². The van der Waals surface area contributed by atoms with Crippen molar-refractivity contribution in [1.29, 1.82) is 0 Å². The third-order valence-electron chi connectivity index (χ3n) is 3.01. The number of aliphatic hydroxyl groups excluding tert-OH is 1. The maximum atomic E-state index is 9.35. The zero-order valence-electron chi connectivity index (χ0n) is 9.72. The molecular weight excluding hydrogens is 222 g/mol. The highest BCUT2D eigenvalue weighted by molar-refractivity contribution is 7.09. The van der Waals surface area contributed by atoms with E-state index in [1.165, 1.54) is 24.4 Å². The number of hydrogen-bond donors (Lipinski definition) is 1. The molecule has 2 rings (SSSR count). The fraction of sp³-hybridized carbons (Fsp3) is 0.818. The van der Waals surface area contributed by atoms with Gasteiger partial charge in [-0.1, -0.05) is 6.92 Å². The van der Waals surface area contributed by atoms with Crippen LogP contribution in [0.4, 0.5) is 5.13 Å². The summed E-state index contributed by atoms with van der Waals surface area (Å²) in [5, 5.41) is 10.3. The minimum atomic E-state index is 0.225. The molecular formula is C11H19N3OS. The van der Waals surface area contributed by atoms with E-state index in [9.17, 15) is 5.11 Å². The number of rotatable bonds is 4. The van der Waals surface area contributed by atoms with E-state index < -0.39 is 0 Å². The van der Waals surface area contributed by atoms with Crippen molar-refractivity contribution in [1.82, 2.24) is 9.36 Å². The molecule has 0 aromatic carbocycles. The number of aryl methyl sites for hydroxylation is 1. The third kappa shape index (κ3) is 2.52. The van der Waals surface area contributed by atoms with Gasteiger partial charge >= 0.3 is 0 Å². The molecule has 0 spiro atoms. The van der Waals surface area contributed by atoms with Crippen LogP contribution < -0.4 is 4.90 Å². The summed E-state index contributed by atoms with van der Waals surface area (Å²) < 4.78 is 4.36. The molecule has 5 heteroatoms. The second kappa shape index (κ2) is 5.59. The molecule has 0 bridgehead atoms. The van der Waals surface area contributed by atoms with E-state index >= 15 is 0 Å². The van der Waals surface area contributed by atoms with Crippen LogP contribution in [-0.4, -0.2) is 33.7 Å². The Balaban J connectivity index is 2.08. The van der Waals surface area contributed by atoms with E-state index in [4.69, 9.17) is 0 Å². The van der Waals surface area contributed by atoms with Gasteiger partial charge in [-0.25, -0.2) is 4.98 Å². The van der Waals surface area contributed by atoms with Crippen molar-refractivity contribution in [3.63, 3.8) is 0 Å². The second-order valence-corrected chi connectivity index (χ2v) is 5.00. The number of piperidine rings is 1. The van der Waals surface area contributed by atoms with Gasteiger partial charge in [0.15, 0.2) is 0 Å². The highest BCUT2D eigenvalue weighted by Crippen LogP contribution is 2.26. The van der Waals surface area contributed by atoms with Crippen LogP contribution in [0.5, 0.6) is 0 Å². The zero-order valence-corrected chi connectivity index (χ0v) is 10.5. The van der Waals surface area contributed by atoms with Gasteiger partial charge in [0.05, 0.1) is 12.6 Å². The number of anilines is 1. The number of aromatic nitrogens is 2. The van der Waals surface area contributed by atoms with Crippen molar-refractivity contribution in [2.45, 2.75) is 45.1 Å². The normalized spacial score (nSPS) is 21.4. The first-order valence-electron chi connectivity index (χ1n) is 6.05. The highest BCUT2D eigenvalue weighted by atomic mass is 32.1. The molecule has 90 valence electrons. The summed E-state index contributed by atoms with van der Waals surface area (Å²) in [4.78, 5) is 6.77. The van der Waals surface area contributed by atoms with E-state index in [-0.39, 0.29) is 12.6 Å². The SMILES string of the molecule is CCCc1nsc(N2CCCCC2CO)n1. The Bertz CT molecular complexity index is 329. The molecule has 1 N–H and O–H groups in total. The van der Waals surface area contributed by atoms with Gasteiger partial charge < -0.3 is 10.0 Å². The molecule has 1 fully saturated rings. The maximum Gasteiger partial charge on any atom is 0.205 e. The predicted molar refractivity (Wildman–Crippen MR) is 66.0 cm³/mol. The van der Waals surface area contributed by atoms with Crippen LogP contribution in [0.2, 0.25) is 0 Å². The lowest BCUT2D eigenvalue weighted by molar-refractivity contribution is 0.240. The van der Waals surface area contributed by atoms with Crippen molar-refractivity contribution in [3.05, 3.63) is 5.82 Å². The number of aliphatic hydroxyl groups is 1. The molecule has 1 aromatic heterocycles. The Morgan fingerprint density at radius 2 is 2.38 bits per heavy atom. The first-order chi connectivity index (χ1) is 7.85. The summed E-state index contributed by atoms with van der Waals surface area (Å²) in [6.45, 7) is 3.37. The topological polar surface area (TPSA) is 49.2 Å². The molecule has 1 aromatic rings. The summed E-state index contributed by atoms with van der Waals surface area (Å²) in [5.41, 5.74) is 0. The largest absolute Gasteiger partial charge is 0.394 e. The lowest BCUT2D eigenvalue weighted by Gasteiger charge is -2.33. The minimum absolute atomic E-state index is 0.225. The monoisotopic (exact) mass is 241 g/mol. The van der Waals surface area contributed by atoms with Gasteiger partial charge in [-0.3, -0.25) is 0 Å². The lowest BCUT2D eigenvalue weighted by Crippen LogP contribution is -2.41. The van der Waals surface area contributed by atoms with E-state index in [1.54, 1.807) is 0 Å². The Morgan fingerprint density at radius 3 is 3.12 bits per heavy atom. The number of hydrogen-bond acceptors (Lipinski definition) is 5. The molecule has 1 aliphatic heterocycles. The quantitative estimate of drug-likeness (QED) is 0.874. The molecule has 1 saturated heterocycles. The van der Waals surface area contributed by atoms with Gasteiger partial charge in [-0.15, -0.1) is 0 Å². The van der Waals surface area contributed by atoms with E-state index in [2.05, 4.69) is 21.2 Å². The molecule has 4 nitrogen and oxygen atoms in total. The van der Waals surface area contributed by atoms with Crippen LogP contribution in [0, 0.1) is 0 Å². The van der Waals surface area contributed by atoms with Gasteiger partial charge in [0.25, 0.3) is 0 Å². The standard InChI is InChI=1S/C11H19N3OS/c1-2-5-10-12-11(16-13-10)14-7-4-3-6-9(14)8-15/h9,15H,2-8H2,1H3. The molecule has 16 heavy (non-hydrogen) atoms. The average molecular weight is 241 g/mol. The Kier molecular flexibility index (Phi) is 4.12. The van der Waals surface area contributed by atoms with E-state index in [1.807, 2.05) is 0 Å². The van der Waals surface area contributed by atoms with Gasteiger partial charge in [-0.2, -0.15) is 4.37 Å². The summed E-state index contributed by atoms with van der Waals surface area (Å²) in [7, 11) is 0. The van der Waals surface area contributed by atoms with Crippen molar-refractivity contribution < 1.29 is 5.11 Å². The first-order valence-corrected chi connectivity index (χ1v) is 6.82. The Labute approximate surface area is 100 Å². The molecule has 1 unspecified atom stereocenters. The average Bonchev–Trinajstić information content (AvgIpc) is 2.78. The van der Waals surface area contributed by atoms with Crippen molar-refractivity contribution in [2.24, 2.45) is 0 Å². The Hall–Kier alpha value is -0.680. The van der Waals surface area contributed by atoms with Gasteiger partial charge in [-0.05, 0) is 25.7 Å². The zero-order chi connectivity index (χ0) is 11.4. The minimum Gasteiger partial charge on any atom is -0.394 e. The lowest BCUT2D eigenvalue weighted by atomic mass is 10.0. The van der Waals surface area contributed by atoms with Crippen molar-refractivity contribution in [2.75, 3.05) is 18.1 Å². The van der Waals surface area contributed by atoms with Gasteiger partial charge in [0.1, 0.15) is 5.82 Å². The smallest absolute Gasteiger partial charge is 0.205 e. The molecule has 1 aliphatic rings. The first kappa shape index (κ1) is 11.8. The van der Waals surface area contributed by atoms with E-state index in [0.717, 1.165) is 36.8 Å². The third-order valence-corrected chi connectivity index (χ3v) is 3.81. The van der Waals surface area contributed by atoms with E-state index in [0.29, 0.717) is 0 Å². The molecule has 0 amide bonds. The summed E-state index contributed by atoms with van der Waals surface area (Å²) >= 11 is 1.47. The molecule has 2 heterocycles. The Morgan fingerprint density at radius 1 is 1.50 bits per heavy atom. The molecule has 0 aliphatic carbocycles. The summed E-state index contributed by atoms with van der Waals surface area (Å²) in [6, 6.07) is 0.246.